The summed E-state index contributed by atoms with van der Waals surface area (Å²) in [4.78, 5) is 0. The molecule has 0 heterocycles. The third-order valence-electron chi connectivity index (χ3n) is 2.95. The highest BCUT2D eigenvalue weighted by Gasteiger charge is 2.10. The highest BCUT2D eigenvalue weighted by molar-refractivity contribution is 5.37. The topological polar surface area (TPSA) is 21.3 Å². The van der Waals surface area contributed by atoms with E-state index in [0.717, 1.165) is 12.1 Å². The van der Waals surface area contributed by atoms with Crippen molar-refractivity contribution in [3.05, 3.63) is 59.2 Å². The summed E-state index contributed by atoms with van der Waals surface area (Å²) in [5.41, 5.74) is 1.29. The maximum atomic E-state index is 13.9. The maximum absolute atomic E-state index is 13.9. The number of benzene rings is 2. The minimum atomic E-state index is -0.499. The van der Waals surface area contributed by atoms with Gasteiger partial charge in [-0.15, -0.1) is 0 Å². The Kier molecular flexibility index (Phi) is 4.69. The number of hydrogen-bond donors (Lipinski definition) is 1. The fourth-order valence-electron chi connectivity index (χ4n) is 1.82. The zero-order chi connectivity index (χ0) is 14.5. The summed E-state index contributed by atoms with van der Waals surface area (Å²) in [5, 5.41) is 3.11. The molecule has 20 heavy (non-hydrogen) atoms. The molecular weight excluding hydrogens is 260 g/mol. The van der Waals surface area contributed by atoms with Crippen LogP contribution in [0.15, 0.2) is 36.4 Å². The highest BCUT2D eigenvalue weighted by Crippen LogP contribution is 2.28. The molecule has 0 unspecified atom stereocenters. The van der Waals surface area contributed by atoms with Gasteiger partial charge in [0.15, 0.2) is 23.1 Å². The van der Waals surface area contributed by atoms with Crippen LogP contribution in [-0.4, -0.2) is 6.54 Å². The van der Waals surface area contributed by atoms with Gasteiger partial charge in [0.1, 0.15) is 0 Å². The summed E-state index contributed by atoms with van der Waals surface area (Å²) in [7, 11) is 0. The van der Waals surface area contributed by atoms with Gasteiger partial charge < -0.3 is 10.1 Å². The second-order valence-electron chi connectivity index (χ2n) is 4.53. The van der Waals surface area contributed by atoms with Gasteiger partial charge in [-0.25, -0.2) is 8.78 Å². The van der Waals surface area contributed by atoms with E-state index in [-0.39, 0.29) is 11.5 Å². The molecule has 2 rings (SSSR count). The summed E-state index contributed by atoms with van der Waals surface area (Å²) in [6, 6.07) is 9.46. The van der Waals surface area contributed by atoms with Crippen LogP contribution in [0.1, 0.15) is 18.1 Å². The molecule has 0 spiro atoms. The standard InChI is InChI=1S/C16H17F2NO/c1-3-19-10-12-7-8-14(13(17)9-12)20-15-6-4-5-11(2)16(15)18/h4-9,19H,3,10H2,1-2H3. The predicted molar refractivity (Wildman–Crippen MR) is 75.0 cm³/mol. The quantitative estimate of drug-likeness (QED) is 0.885. The fraction of sp³-hybridized carbons (Fsp3) is 0.250. The molecule has 0 aliphatic carbocycles. The molecule has 0 aliphatic heterocycles. The van der Waals surface area contributed by atoms with Gasteiger partial charge in [0.2, 0.25) is 0 Å². The van der Waals surface area contributed by atoms with Crippen LogP contribution in [-0.2, 0) is 6.54 Å². The average molecular weight is 277 g/mol. The van der Waals surface area contributed by atoms with Crippen LogP contribution in [0.2, 0.25) is 0 Å². The number of nitrogens with one attached hydrogen (secondary N) is 1. The molecule has 0 aliphatic rings. The predicted octanol–water partition coefficient (Wildman–Crippen LogP) is 4.18. The smallest absolute Gasteiger partial charge is 0.168 e. The normalized spacial score (nSPS) is 10.6. The Morgan fingerprint density at radius 1 is 1.10 bits per heavy atom. The van der Waals surface area contributed by atoms with Crippen LogP contribution in [0.5, 0.6) is 11.5 Å². The van der Waals surface area contributed by atoms with Crippen molar-refractivity contribution in [3.8, 4) is 11.5 Å². The molecular formula is C16H17F2NO. The Labute approximate surface area is 117 Å². The van der Waals surface area contributed by atoms with E-state index in [1.165, 1.54) is 18.2 Å². The van der Waals surface area contributed by atoms with Crippen molar-refractivity contribution in [2.75, 3.05) is 6.54 Å². The molecule has 0 saturated heterocycles. The third kappa shape index (κ3) is 3.33. The molecule has 0 bridgehead atoms. The molecule has 2 nitrogen and oxygen atoms in total. The number of hydrogen-bond acceptors (Lipinski definition) is 2. The van der Waals surface area contributed by atoms with E-state index in [0.29, 0.717) is 12.1 Å². The first-order valence-corrected chi connectivity index (χ1v) is 6.54. The minimum Gasteiger partial charge on any atom is -0.451 e. The average Bonchev–Trinajstić information content (AvgIpc) is 2.44. The summed E-state index contributed by atoms with van der Waals surface area (Å²) in [6.45, 7) is 5.02. The van der Waals surface area contributed by atoms with E-state index < -0.39 is 11.6 Å². The lowest BCUT2D eigenvalue weighted by Crippen LogP contribution is -2.11. The molecule has 0 aromatic heterocycles. The second-order valence-corrected chi connectivity index (χ2v) is 4.53. The molecule has 4 heteroatoms. The van der Waals surface area contributed by atoms with Gasteiger partial charge in [-0.1, -0.05) is 25.1 Å². The van der Waals surface area contributed by atoms with Crippen molar-refractivity contribution in [1.82, 2.24) is 5.32 Å². The molecule has 2 aromatic carbocycles. The molecule has 0 atom stereocenters. The molecule has 0 amide bonds. The van der Waals surface area contributed by atoms with Gasteiger partial charge in [0.25, 0.3) is 0 Å². The molecule has 0 saturated carbocycles. The fourth-order valence-corrected chi connectivity index (χ4v) is 1.82. The van der Waals surface area contributed by atoms with Crippen molar-refractivity contribution < 1.29 is 13.5 Å². The van der Waals surface area contributed by atoms with Crippen molar-refractivity contribution in [1.29, 1.82) is 0 Å². The van der Waals surface area contributed by atoms with Crippen molar-refractivity contribution >= 4 is 0 Å². The molecule has 106 valence electrons. The number of rotatable bonds is 5. The SMILES string of the molecule is CCNCc1ccc(Oc2cccc(C)c2F)c(F)c1. The third-order valence-corrected chi connectivity index (χ3v) is 2.95. The van der Waals surface area contributed by atoms with Gasteiger partial charge in [0, 0.05) is 6.54 Å². The van der Waals surface area contributed by atoms with Crippen LogP contribution in [0.3, 0.4) is 0 Å². The Morgan fingerprint density at radius 2 is 1.90 bits per heavy atom. The summed E-state index contributed by atoms with van der Waals surface area (Å²) in [6.07, 6.45) is 0. The molecule has 0 radical (unpaired) electrons. The lowest BCUT2D eigenvalue weighted by atomic mass is 10.2. The van der Waals surface area contributed by atoms with E-state index in [2.05, 4.69) is 5.32 Å². The molecule has 0 fully saturated rings. The molecule has 1 N–H and O–H groups in total. The number of ether oxygens (including phenoxy) is 1. The Bertz CT molecular complexity index is 599. The summed E-state index contributed by atoms with van der Waals surface area (Å²) in [5.74, 6) is -0.914. The van der Waals surface area contributed by atoms with E-state index >= 15 is 0 Å². The summed E-state index contributed by atoms with van der Waals surface area (Å²) >= 11 is 0. The van der Waals surface area contributed by atoms with Crippen LogP contribution in [0, 0.1) is 18.6 Å². The van der Waals surface area contributed by atoms with E-state index in [1.807, 2.05) is 6.92 Å². The zero-order valence-electron chi connectivity index (χ0n) is 11.5. The van der Waals surface area contributed by atoms with Gasteiger partial charge in [0.05, 0.1) is 0 Å². The Hall–Kier alpha value is -1.94. The Balaban J connectivity index is 2.19. The lowest BCUT2D eigenvalue weighted by molar-refractivity contribution is 0.412. The first-order valence-electron chi connectivity index (χ1n) is 6.54. The molecule has 2 aromatic rings. The first-order chi connectivity index (χ1) is 9.61. The lowest BCUT2D eigenvalue weighted by Gasteiger charge is -2.10. The number of aryl methyl sites for hydroxylation is 1. The van der Waals surface area contributed by atoms with E-state index in [4.69, 9.17) is 4.74 Å². The van der Waals surface area contributed by atoms with Crippen molar-refractivity contribution in [2.45, 2.75) is 20.4 Å². The monoisotopic (exact) mass is 277 g/mol. The van der Waals surface area contributed by atoms with E-state index in [9.17, 15) is 8.78 Å². The van der Waals surface area contributed by atoms with Crippen LogP contribution in [0.25, 0.3) is 0 Å². The van der Waals surface area contributed by atoms with Gasteiger partial charge in [-0.3, -0.25) is 0 Å². The van der Waals surface area contributed by atoms with Crippen LogP contribution < -0.4 is 10.1 Å². The van der Waals surface area contributed by atoms with Crippen LogP contribution in [0.4, 0.5) is 8.78 Å². The van der Waals surface area contributed by atoms with E-state index in [1.54, 1.807) is 25.1 Å². The zero-order valence-corrected chi connectivity index (χ0v) is 11.5. The summed E-state index contributed by atoms with van der Waals surface area (Å²) < 4.78 is 33.0. The van der Waals surface area contributed by atoms with Gasteiger partial charge in [-0.05, 0) is 42.8 Å². The van der Waals surface area contributed by atoms with Gasteiger partial charge >= 0.3 is 0 Å². The number of halogens is 2. The highest BCUT2D eigenvalue weighted by atomic mass is 19.1. The minimum absolute atomic E-state index is 0.0229. The van der Waals surface area contributed by atoms with Gasteiger partial charge in [-0.2, -0.15) is 0 Å². The van der Waals surface area contributed by atoms with Crippen molar-refractivity contribution in [2.24, 2.45) is 0 Å². The maximum Gasteiger partial charge on any atom is 0.168 e. The Morgan fingerprint density at radius 3 is 2.60 bits per heavy atom. The van der Waals surface area contributed by atoms with Crippen LogP contribution >= 0.6 is 0 Å². The largest absolute Gasteiger partial charge is 0.451 e. The van der Waals surface area contributed by atoms with Crippen molar-refractivity contribution in [3.63, 3.8) is 0 Å². The first kappa shape index (κ1) is 14.5. The second kappa shape index (κ2) is 6.48.